The fourth-order valence-corrected chi connectivity index (χ4v) is 3.31. The Balaban J connectivity index is 1.88. The fourth-order valence-electron chi connectivity index (χ4n) is 3.31. The predicted octanol–water partition coefficient (Wildman–Crippen LogP) is 2.16. The summed E-state index contributed by atoms with van der Waals surface area (Å²) >= 11 is 0. The average molecular weight is 357 g/mol. The zero-order valence-corrected chi connectivity index (χ0v) is 15.2. The maximum absolute atomic E-state index is 12.7. The third-order valence-electron chi connectivity index (χ3n) is 4.68. The van der Waals surface area contributed by atoms with Crippen LogP contribution in [-0.4, -0.2) is 45.5 Å². The standard InChI is InChI=1S/C19H23N3O4/c1-12-8-13(2)10-15(9-12)22-14(3)11-16(21-22)17(23)20-19(18(24)25)4-6-26-7-5-19/h8-11H,4-7H2,1-3H3,(H,20,23)(H,24,25). The molecular weight excluding hydrogens is 334 g/mol. The lowest BCUT2D eigenvalue weighted by Crippen LogP contribution is -2.57. The number of carboxylic acid groups (broad SMARTS) is 1. The number of aliphatic carboxylic acids is 1. The molecule has 1 aromatic heterocycles. The first-order valence-electron chi connectivity index (χ1n) is 8.60. The smallest absolute Gasteiger partial charge is 0.329 e. The van der Waals surface area contributed by atoms with Crippen molar-refractivity contribution in [2.24, 2.45) is 0 Å². The van der Waals surface area contributed by atoms with Gasteiger partial charge in [-0.3, -0.25) is 4.79 Å². The first-order chi connectivity index (χ1) is 12.3. The van der Waals surface area contributed by atoms with E-state index < -0.39 is 17.4 Å². The summed E-state index contributed by atoms with van der Waals surface area (Å²) in [4.78, 5) is 24.4. The van der Waals surface area contributed by atoms with Crippen molar-refractivity contribution in [2.75, 3.05) is 13.2 Å². The number of amides is 1. The van der Waals surface area contributed by atoms with Crippen LogP contribution < -0.4 is 5.32 Å². The Kier molecular flexibility index (Phi) is 4.82. The Morgan fingerprint density at radius 3 is 2.31 bits per heavy atom. The molecule has 0 saturated carbocycles. The molecule has 1 aliphatic heterocycles. The lowest BCUT2D eigenvalue weighted by atomic mass is 9.90. The van der Waals surface area contributed by atoms with Crippen molar-refractivity contribution in [1.82, 2.24) is 15.1 Å². The summed E-state index contributed by atoms with van der Waals surface area (Å²) in [5.41, 5.74) is 2.79. The molecule has 1 aromatic carbocycles. The van der Waals surface area contributed by atoms with Crippen LogP contribution in [0.3, 0.4) is 0 Å². The number of rotatable bonds is 4. The number of hydrogen-bond donors (Lipinski definition) is 2. The molecule has 0 unspecified atom stereocenters. The average Bonchev–Trinajstić information content (AvgIpc) is 2.97. The third kappa shape index (κ3) is 3.48. The molecule has 2 heterocycles. The number of aryl methyl sites for hydroxylation is 3. The second-order valence-electron chi connectivity index (χ2n) is 6.88. The zero-order chi connectivity index (χ0) is 18.9. The van der Waals surface area contributed by atoms with Gasteiger partial charge in [-0.15, -0.1) is 0 Å². The van der Waals surface area contributed by atoms with Gasteiger partial charge in [-0.05, 0) is 50.1 Å². The predicted molar refractivity (Wildman–Crippen MR) is 95.7 cm³/mol. The number of carbonyl (C=O) groups excluding carboxylic acids is 1. The summed E-state index contributed by atoms with van der Waals surface area (Å²) in [6, 6.07) is 7.72. The van der Waals surface area contributed by atoms with Crippen LogP contribution in [0.15, 0.2) is 24.3 Å². The Morgan fingerprint density at radius 1 is 1.12 bits per heavy atom. The molecule has 138 valence electrons. The Labute approximate surface area is 152 Å². The Morgan fingerprint density at radius 2 is 1.73 bits per heavy atom. The van der Waals surface area contributed by atoms with Gasteiger partial charge >= 0.3 is 5.97 Å². The molecule has 26 heavy (non-hydrogen) atoms. The van der Waals surface area contributed by atoms with E-state index in [0.717, 1.165) is 22.5 Å². The van der Waals surface area contributed by atoms with E-state index in [1.54, 1.807) is 10.7 Å². The van der Waals surface area contributed by atoms with Gasteiger partial charge in [0.1, 0.15) is 5.54 Å². The van der Waals surface area contributed by atoms with Crippen molar-refractivity contribution in [3.63, 3.8) is 0 Å². The molecule has 3 rings (SSSR count). The molecule has 0 radical (unpaired) electrons. The lowest BCUT2D eigenvalue weighted by Gasteiger charge is -2.33. The van der Waals surface area contributed by atoms with E-state index in [1.807, 2.05) is 32.9 Å². The van der Waals surface area contributed by atoms with E-state index in [4.69, 9.17) is 4.74 Å². The number of carboxylic acids is 1. The fraction of sp³-hybridized carbons (Fsp3) is 0.421. The molecule has 1 amide bonds. The lowest BCUT2D eigenvalue weighted by molar-refractivity contribution is -0.148. The van der Waals surface area contributed by atoms with Crippen molar-refractivity contribution in [3.05, 3.63) is 46.8 Å². The van der Waals surface area contributed by atoms with Gasteiger partial charge < -0.3 is 15.2 Å². The minimum Gasteiger partial charge on any atom is -0.480 e. The maximum atomic E-state index is 12.7. The molecule has 0 bridgehead atoms. The first-order valence-corrected chi connectivity index (χ1v) is 8.60. The van der Waals surface area contributed by atoms with Crippen LogP contribution in [0.2, 0.25) is 0 Å². The summed E-state index contributed by atoms with van der Waals surface area (Å²) in [6.07, 6.45) is 0.482. The minimum atomic E-state index is -1.30. The topological polar surface area (TPSA) is 93.5 Å². The van der Waals surface area contributed by atoms with Gasteiger partial charge in [-0.25, -0.2) is 9.48 Å². The van der Waals surface area contributed by atoms with Gasteiger partial charge in [-0.2, -0.15) is 5.10 Å². The van der Waals surface area contributed by atoms with Gasteiger partial charge in [0.15, 0.2) is 5.69 Å². The van der Waals surface area contributed by atoms with Gasteiger partial charge in [0.2, 0.25) is 0 Å². The normalized spacial score (nSPS) is 16.3. The molecule has 2 aromatic rings. The van der Waals surface area contributed by atoms with Crippen molar-refractivity contribution in [1.29, 1.82) is 0 Å². The molecular formula is C19H23N3O4. The van der Waals surface area contributed by atoms with E-state index >= 15 is 0 Å². The summed E-state index contributed by atoms with van der Waals surface area (Å²) in [7, 11) is 0. The molecule has 7 heteroatoms. The second kappa shape index (κ2) is 6.92. The summed E-state index contributed by atoms with van der Waals surface area (Å²) in [5.74, 6) is -1.53. The van der Waals surface area contributed by atoms with Crippen LogP contribution in [0.4, 0.5) is 0 Å². The number of ether oxygens (including phenoxy) is 1. The van der Waals surface area contributed by atoms with E-state index in [2.05, 4.69) is 16.5 Å². The van der Waals surface area contributed by atoms with Gasteiger partial charge in [0.05, 0.1) is 5.69 Å². The molecule has 0 spiro atoms. The highest BCUT2D eigenvalue weighted by atomic mass is 16.5. The monoisotopic (exact) mass is 357 g/mol. The number of aromatic nitrogens is 2. The first kappa shape index (κ1) is 18.1. The van der Waals surface area contributed by atoms with Gasteiger partial charge in [0, 0.05) is 31.7 Å². The van der Waals surface area contributed by atoms with Crippen LogP contribution in [-0.2, 0) is 9.53 Å². The molecule has 0 atom stereocenters. The maximum Gasteiger partial charge on any atom is 0.329 e. The number of nitrogens with zero attached hydrogens (tertiary/aromatic N) is 2. The van der Waals surface area contributed by atoms with Gasteiger partial charge in [0.25, 0.3) is 5.91 Å². The zero-order valence-electron chi connectivity index (χ0n) is 15.2. The SMILES string of the molecule is Cc1cc(C)cc(-n2nc(C(=O)NC3(C(=O)O)CCOCC3)cc2C)c1. The largest absolute Gasteiger partial charge is 0.480 e. The highest BCUT2D eigenvalue weighted by Crippen LogP contribution is 2.22. The van der Waals surface area contributed by atoms with E-state index in [-0.39, 0.29) is 18.5 Å². The highest BCUT2D eigenvalue weighted by Gasteiger charge is 2.42. The minimum absolute atomic E-state index is 0.203. The number of nitrogens with one attached hydrogen (secondary N) is 1. The molecule has 0 aliphatic carbocycles. The molecule has 1 saturated heterocycles. The van der Waals surface area contributed by atoms with Crippen LogP contribution >= 0.6 is 0 Å². The van der Waals surface area contributed by atoms with Crippen molar-refractivity contribution in [3.8, 4) is 5.69 Å². The molecule has 1 fully saturated rings. The van der Waals surface area contributed by atoms with Crippen molar-refractivity contribution >= 4 is 11.9 Å². The van der Waals surface area contributed by atoms with Crippen molar-refractivity contribution < 1.29 is 19.4 Å². The van der Waals surface area contributed by atoms with E-state index in [0.29, 0.717) is 13.2 Å². The van der Waals surface area contributed by atoms with Crippen LogP contribution in [0.25, 0.3) is 5.69 Å². The van der Waals surface area contributed by atoms with Crippen molar-refractivity contribution in [2.45, 2.75) is 39.2 Å². The Hall–Kier alpha value is -2.67. The number of benzene rings is 1. The van der Waals surface area contributed by atoms with Crippen LogP contribution in [0.5, 0.6) is 0 Å². The Bertz CT molecular complexity index is 830. The van der Waals surface area contributed by atoms with Gasteiger partial charge in [-0.1, -0.05) is 6.07 Å². The molecule has 2 N–H and O–H groups in total. The van der Waals surface area contributed by atoms with Crippen LogP contribution in [0.1, 0.15) is 40.2 Å². The second-order valence-corrected chi connectivity index (χ2v) is 6.88. The van der Waals surface area contributed by atoms with E-state index in [9.17, 15) is 14.7 Å². The summed E-state index contributed by atoms with van der Waals surface area (Å²) < 4.78 is 6.93. The number of hydrogen-bond acceptors (Lipinski definition) is 4. The highest BCUT2D eigenvalue weighted by molar-refractivity contribution is 5.96. The third-order valence-corrected chi connectivity index (χ3v) is 4.68. The molecule has 1 aliphatic rings. The summed E-state index contributed by atoms with van der Waals surface area (Å²) in [6.45, 7) is 6.49. The van der Waals surface area contributed by atoms with E-state index in [1.165, 1.54) is 0 Å². The summed E-state index contributed by atoms with van der Waals surface area (Å²) in [5, 5.41) is 16.7. The number of carbonyl (C=O) groups is 2. The molecule has 7 nitrogen and oxygen atoms in total. The van der Waals surface area contributed by atoms with Crippen LogP contribution in [0, 0.1) is 20.8 Å². The quantitative estimate of drug-likeness (QED) is 0.875.